The molecule has 1 N–H and O–H groups in total. The van der Waals surface area contributed by atoms with E-state index in [9.17, 15) is 19.5 Å². The highest BCUT2D eigenvalue weighted by Gasteiger charge is 2.67. The van der Waals surface area contributed by atoms with Crippen LogP contribution >= 0.6 is 0 Å². The van der Waals surface area contributed by atoms with Gasteiger partial charge in [0.2, 0.25) is 11.8 Å². The molecule has 0 aromatic heterocycles. The van der Waals surface area contributed by atoms with Crippen LogP contribution in [0, 0.1) is 11.8 Å². The summed E-state index contributed by atoms with van der Waals surface area (Å²) in [6.45, 7) is -0.382. The van der Waals surface area contributed by atoms with Crippen LogP contribution in [0.3, 0.4) is 0 Å². The zero-order chi connectivity index (χ0) is 17.1. The summed E-state index contributed by atoms with van der Waals surface area (Å²) in [4.78, 5) is 38.8. The summed E-state index contributed by atoms with van der Waals surface area (Å²) in [6.07, 6.45) is 2.83. The lowest BCUT2D eigenvalue weighted by Crippen LogP contribution is -2.43. The first-order valence-corrected chi connectivity index (χ1v) is 7.57. The van der Waals surface area contributed by atoms with E-state index in [1.807, 2.05) is 0 Å². The number of carbonyl (C=O) groups is 3. The van der Waals surface area contributed by atoms with Crippen molar-refractivity contribution in [1.29, 1.82) is 0 Å². The Morgan fingerprint density at radius 1 is 1.33 bits per heavy atom. The van der Waals surface area contributed by atoms with Crippen molar-refractivity contribution < 1.29 is 29.0 Å². The van der Waals surface area contributed by atoms with Gasteiger partial charge >= 0.3 is 5.97 Å². The van der Waals surface area contributed by atoms with Crippen molar-refractivity contribution in [1.82, 2.24) is 0 Å². The molecule has 2 saturated heterocycles. The third-order valence-corrected chi connectivity index (χ3v) is 4.95. The number of aliphatic hydroxyl groups is 1. The quantitative estimate of drug-likeness (QED) is 0.486. The maximum atomic E-state index is 12.9. The van der Waals surface area contributed by atoms with Crippen LogP contribution < -0.4 is 4.90 Å². The van der Waals surface area contributed by atoms with Gasteiger partial charge in [-0.25, -0.2) is 9.69 Å². The van der Waals surface area contributed by atoms with Gasteiger partial charge in [-0.15, -0.1) is 0 Å². The molecule has 0 aliphatic carbocycles. The van der Waals surface area contributed by atoms with E-state index >= 15 is 0 Å². The molecule has 3 aliphatic rings. The zero-order valence-corrected chi connectivity index (χ0v) is 12.8. The molecule has 24 heavy (non-hydrogen) atoms. The number of para-hydroxylation sites is 1. The Morgan fingerprint density at radius 2 is 2.08 bits per heavy atom. The van der Waals surface area contributed by atoms with Crippen LogP contribution in [0.1, 0.15) is 10.4 Å². The van der Waals surface area contributed by atoms with Gasteiger partial charge in [0.05, 0.1) is 42.9 Å². The predicted octanol–water partition coefficient (Wildman–Crippen LogP) is 0.279. The van der Waals surface area contributed by atoms with Crippen LogP contribution in [-0.4, -0.2) is 48.3 Å². The standard InChI is InChI=1S/C17H15NO6/c1-23-16(22)9-4-2-3-5-10(9)18-14(20)12-11-6-7-17(8-19,24-11)13(12)15(18)21/h2-7,11-13,19H,8H2,1H3/t11-,12+,13+,17-/m1/s1. The first-order valence-electron chi connectivity index (χ1n) is 7.57. The first-order chi connectivity index (χ1) is 11.5. The number of hydrogen-bond acceptors (Lipinski definition) is 6. The molecule has 1 aromatic carbocycles. The Morgan fingerprint density at radius 3 is 2.79 bits per heavy atom. The van der Waals surface area contributed by atoms with Gasteiger partial charge < -0.3 is 14.6 Å². The molecule has 0 saturated carbocycles. The summed E-state index contributed by atoms with van der Waals surface area (Å²) in [7, 11) is 1.24. The summed E-state index contributed by atoms with van der Waals surface area (Å²) >= 11 is 0. The summed E-state index contributed by atoms with van der Waals surface area (Å²) in [6, 6.07) is 6.30. The second-order valence-corrected chi connectivity index (χ2v) is 6.08. The van der Waals surface area contributed by atoms with E-state index in [1.165, 1.54) is 19.2 Å². The van der Waals surface area contributed by atoms with Crippen LogP contribution in [0.2, 0.25) is 0 Å². The van der Waals surface area contributed by atoms with E-state index in [-0.39, 0.29) is 17.9 Å². The number of rotatable bonds is 3. The number of aliphatic hydroxyl groups excluding tert-OH is 1. The second kappa shape index (κ2) is 4.99. The average molecular weight is 329 g/mol. The molecule has 0 radical (unpaired) electrons. The van der Waals surface area contributed by atoms with Gasteiger partial charge in [0.25, 0.3) is 0 Å². The lowest BCUT2D eigenvalue weighted by Gasteiger charge is -2.26. The van der Waals surface area contributed by atoms with E-state index < -0.39 is 41.3 Å². The summed E-state index contributed by atoms with van der Waals surface area (Å²) < 4.78 is 10.4. The predicted molar refractivity (Wildman–Crippen MR) is 81.1 cm³/mol. The largest absolute Gasteiger partial charge is 0.465 e. The molecule has 3 heterocycles. The van der Waals surface area contributed by atoms with E-state index in [0.717, 1.165) is 4.90 Å². The number of amides is 2. The average Bonchev–Trinajstić information content (AvgIpc) is 3.25. The number of ether oxygens (including phenoxy) is 2. The van der Waals surface area contributed by atoms with Crippen LogP contribution in [0.5, 0.6) is 0 Å². The molecule has 2 bridgehead atoms. The fraction of sp³-hybridized carbons (Fsp3) is 0.353. The van der Waals surface area contributed by atoms with Gasteiger partial charge in [-0.05, 0) is 12.1 Å². The minimum atomic E-state index is -1.16. The Bertz CT molecular complexity index is 787. The van der Waals surface area contributed by atoms with Crippen molar-refractivity contribution in [2.45, 2.75) is 11.7 Å². The topological polar surface area (TPSA) is 93.1 Å². The van der Waals surface area contributed by atoms with Crippen LogP contribution in [0.25, 0.3) is 0 Å². The molecule has 0 unspecified atom stereocenters. The molecule has 1 aromatic rings. The molecule has 4 atom stereocenters. The van der Waals surface area contributed by atoms with E-state index in [2.05, 4.69) is 0 Å². The second-order valence-electron chi connectivity index (χ2n) is 6.08. The molecule has 124 valence electrons. The molecule has 7 nitrogen and oxygen atoms in total. The van der Waals surface area contributed by atoms with Gasteiger partial charge in [0.1, 0.15) is 5.60 Å². The van der Waals surface area contributed by atoms with Gasteiger partial charge in [-0.2, -0.15) is 0 Å². The summed E-state index contributed by atoms with van der Waals surface area (Å²) in [5, 5.41) is 9.70. The fourth-order valence-corrected chi connectivity index (χ4v) is 3.87. The lowest BCUT2D eigenvalue weighted by atomic mass is 9.77. The molecule has 7 heteroatoms. The first kappa shape index (κ1) is 15.0. The highest BCUT2D eigenvalue weighted by atomic mass is 16.5. The SMILES string of the molecule is COC(=O)c1ccccc1N1C(=O)[C@@H]2[C@@H](C1=O)[C@]1(CO)C=C[C@H]2O1. The minimum absolute atomic E-state index is 0.140. The molecule has 4 rings (SSSR count). The normalized spacial score (nSPS) is 33.2. The molecule has 0 spiro atoms. The van der Waals surface area contributed by atoms with E-state index in [1.54, 1.807) is 24.3 Å². The molecule has 3 aliphatic heterocycles. The number of nitrogens with zero attached hydrogens (tertiary/aromatic N) is 1. The van der Waals surface area contributed by atoms with Crippen LogP contribution in [-0.2, 0) is 19.1 Å². The van der Waals surface area contributed by atoms with E-state index in [4.69, 9.17) is 9.47 Å². The molecular weight excluding hydrogens is 314 g/mol. The smallest absolute Gasteiger partial charge is 0.339 e. The summed E-state index contributed by atoms with van der Waals surface area (Å²) in [5.74, 6) is -2.98. The number of imide groups is 1. The molecular formula is C17H15NO6. The van der Waals surface area contributed by atoms with Crippen molar-refractivity contribution in [3.05, 3.63) is 42.0 Å². The number of methoxy groups -OCH3 is 1. The maximum absolute atomic E-state index is 12.9. The van der Waals surface area contributed by atoms with E-state index in [0.29, 0.717) is 0 Å². The van der Waals surface area contributed by atoms with Gasteiger partial charge in [-0.1, -0.05) is 24.3 Å². The molecule has 2 fully saturated rings. The van der Waals surface area contributed by atoms with Crippen molar-refractivity contribution >= 4 is 23.5 Å². The number of esters is 1. The van der Waals surface area contributed by atoms with Crippen LogP contribution in [0.15, 0.2) is 36.4 Å². The van der Waals surface area contributed by atoms with Crippen molar-refractivity contribution in [2.75, 3.05) is 18.6 Å². The fourth-order valence-electron chi connectivity index (χ4n) is 3.87. The Labute approximate surface area is 137 Å². The number of hydrogen-bond donors (Lipinski definition) is 1. The Hall–Kier alpha value is -2.51. The van der Waals surface area contributed by atoms with Crippen molar-refractivity contribution in [3.8, 4) is 0 Å². The maximum Gasteiger partial charge on any atom is 0.339 e. The van der Waals surface area contributed by atoms with Gasteiger partial charge in [0.15, 0.2) is 0 Å². The lowest BCUT2D eigenvalue weighted by molar-refractivity contribution is -0.128. The third-order valence-electron chi connectivity index (χ3n) is 4.95. The number of fused-ring (bicyclic) bond motifs is 5. The third kappa shape index (κ3) is 1.71. The number of benzene rings is 1. The summed E-state index contributed by atoms with van der Waals surface area (Å²) in [5.41, 5.74) is -0.820. The Balaban J connectivity index is 1.80. The van der Waals surface area contributed by atoms with Crippen molar-refractivity contribution in [3.63, 3.8) is 0 Å². The number of anilines is 1. The number of carbonyl (C=O) groups excluding carboxylic acids is 3. The highest BCUT2D eigenvalue weighted by Crippen LogP contribution is 2.52. The zero-order valence-electron chi connectivity index (χ0n) is 12.8. The van der Waals surface area contributed by atoms with Gasteiger partial charge in [-0.3, -0.25) is 9.59 Å². The Kier molecular flexibility index (Phi) is 3.13. The van der Waals surface area contributed by atoms with Crippen LogP contribution in [0.4, 0.5) is 5.69 Å². The monoisotopic (exact) mass is 329 g/mol. The van der Waals surface area contributed by atoms with Crippen molar-refractivity contribution in [2.24, 2.45) is 11.8 Å². The minimum Gasteiger partial charge on any atom is -0.465 e. The molecule has 2 amide bonds. The highest BCUT2D eigenvalue weighted by molar-refractivity contribution is 6.25. The van der Waals surface area contributed by atoms with Gasteiger partial charge in [0, 0.05) is 0 Å².